The second-order valence-electron chi connectivity index (χ2n) is 7.01. The van der Waals surface area contributed by atoms with Crippen LogP contribution in [0.15, 0.2) is 48.5 Å². The lowest BCUT2D eigenvalue weighted by Gasteiger charge is -2.25. The molecule has 0 saturated carbocycles. The van der Waals surface area contributed by atoms with Crippen molar-refractivity contribution in [1.29, 1.82) is 0 Å². The fourth-order valence-electron chi connectivity index (χ4n) is 3.24. The molecule has 2 aromatic rings. The summed E-state index contributed by atoms with van der Waals surface area (Å²) in [6.07, 6.45) is 0.492. The van der Waals surface area contributed by atoms with Gasteiger partial charge in [0.15, 0.2) is 0 Å². The highest BCUT2D eigenvalue weighted by molar-refractivity contribution is 6.01. The maximum Gasteiger partial charge on any atom is 0.269 e. The first-order chi connectivity index (χ1) is 13.8. The van der Waals surface area contributed by atoms with Crippen molar-refractivity contribution < 1.29 is 19.3 Å². The zero-order valence-electron chi connectivity index (χ0n) is 16.2. The number of rotatable bonds is 6. The van der Waals surface area contributed by atoms with Gasteiger partial charge in [-0.2, -0.15) is 0 Å². The zero-order chi connectivity index (χ0) is 21.1. The smallest absolute Gasteiger partial charge is 0.269 e. The first-order valence-electron chi connectivity index (χ1n) is 9.21. The number of amides is 3. The molecule has 0 aliphatic carbocycles. The predicted octanol–water partition coefficient (Wildman–Crippen LogP) is 3.08. The normalized spacial score (nSPS) is 14.8. The predicted molar refractivity (Wildman–Crippen MR) is 105 cm³/mol. The molecule has 0 aromatic heterocycles. The highest BCUT2D eigenvalue weighted by Crippen LogP contribution is 2.24. The van der Waals surface area contributed by atoms with Crippen molar-refractivity contribution in [2.45, 2.75) is 32.4 Å². The number of imide groups is 1. The van der Waals surface area contributed by atoms with Crippen molar-refractivity contribution in [3.05, 3.63) is 75.3 Å². The van der Waals surface area contributed by atoms with Gasteiger partial charge in [-0.25, -0.2) is 0 Å². The third-order valence-corrected chi connectivity index (χ3v) is 5.16. The summed E-state index contributed by atoms with van der Waals surface area (Å²) in [5.74, 6) is -0.592. The van der Waals surface area contributed by atoms with Crippen LogP contribution in [0, 0.1) is 10.1 Å². The molecule has 1 unspecified atom stereocenters. The summed E-state index contributed by atoms with van der Waals surface area (Å²) in [6, 6.07) is 12.6. The number of hydrogen-bond donors (Lipinski definition) is 0. The van der Waals surface area contributed by atoms with Crippen molar-refractivity contribution >= 4 is 23.4 Å². The highest BCUT2D eigenvalue weighted by atomic mass is 16.6. The molecule has 8 heteroatoms. The Labute approximate surface area is 167 Å². The Kier molecular flexibility index (Phi) is 5.72. The van der Waals surface area contributed by atoms with Gasteiger partial charge in [-0.05, 0) is 30.2 Å². The van der Waals surface area contributed by atoms with Crippen molar-refractivity contribution in [1.82, 2.24) is 9.80 Å². The molecule has 8 nitrogen and oxygen atoms in total. The summed E-state index contributed by atoms with van der Waals surface area (Å²) in [4.78, 5) is 49.5. The van der Waals surface area contributed by atoms with Gasteiger partial charge in [-0.1, -0.05) is 24.3 Å². The van der Waals surface area contributed by atoms with Crippen molar-refractivity contribution in [3.8, 4) is 0 Å². The summed E-state index contributed by atoms with van der Waals surface area (Å²) < 4.78 is 0. The molecule has 1 aliphatic rings. The fourth-order valence-corrected chi connectivity index (χ4v) is 3.24. The summed E-state index contributed by atoms with van der Waals surface area (Å²) in [5.41, 5.74) is 1.86. The van der Waals surface area contributed by atoms with Gasteiger partial charge >= 0.3 is 0 Å². The largest absolute Gasteiger partial charge is 0.335 e. The van der Waals surface area contributed by atoms with E-state index in [2.05, 4.69) is 0 Å². The van der Waals surface area contributed by atoms with Crippen LogP contribution in [-0.2, 0) is 16.1 Å². The fraction of sp³-hybridized carbons (Fsp3) is 0.286. The number of hydrogen-bond acceptors (Lipinski definition) is 5. The minimum absolute atomic E-state index is 0.0226. The molecule has 1 fully saturated rings. The first-order valence-corrected chi connectivity index (χ1v) is 9.21. The Morgan fingerprint density at radius 3 is 2.34 bits per heavy atom. The minimum atomic E-state index is -0.466. The topological polar surface area (TPSA) is 101 Å². The Hall–Kier alpha value is -3.55. The van der Waals surface area contributed by atoms with Crippen LogP contribution in [0.25, 0.3) is 0 Å². The van der Waals surface area contributed by atoms with E-state index in [1.54, 1.807) is 50.4 Å². The van der Waals surface area contributed by atoms with E-state index in [0.717, 1.165) is 5.56 Å². The lowest BCUT2D eigenvalue weighted by molar-refractivity contribution is -0.384. The Morgan fingerprint density at radius 2 is 1.76 bits per heavy atom. The summed E-state index contributed by atoms with van der Waals surface area (Å²) in [5, 5.41) is 11.0. The van der Waals surface area contributed by atoms with E-state index in [4.69, 9.17) is 0 Å². The van der Waals surface area contributed by atoms with Crippen LogP contribution in [0.1, 0.15) is 47.3 Å². The van der Waals surface area contributed by atoms with Crippen molar-refractivity contribution in [2.75, 3.05) is 7.05 Å². The number of likely N-dealkylation sites (tertiary alicyclic amines) is 1. The molecule has 2 aromatic carbocycles. The third-order valence-electron chi connectivity index (χ3n) is 5.16. The molecular weight excluding hydrogens is 374 g/mol. The van der Waals surface area contributed by atoms with Gasteiger partial charge in [-0.3, -0.25) is 29.4 Å². The van der Waals surface area contributed by atoms with Gasteiger partial charge in [0.1, 0.15) is 0 Å². The lowest BCUT2D eigenvalue weighted by Crippen LogP contribution is -2.30. The molecule has 0 N–H and O–H groups in total. The molecule has 0 radical (unpaired) electrons. The van der Waals surface area contributed by atoms with E-state index in [0.29, 0.717) is 11.1 Å². The lowest BCUT2D eigenvalue weighted by atomic mass is 10.0. The molecule has 29 heavy (non-hydrogen) atoms. The quantitative estimate of drug-likeness (QED) is 0.425. The maximum absolute atomic E-state index is 12.8. The number of carbonyl (C=O) groups excluding carboxylic acids is 3. The van der Waals surface area contributed by atoms with Crippen LogP contribution >= 0.6 is 0 Å². The monoisotopic (exact) mass is 395 g/mol. The second-order valence-corrected chi connectivity index (χ2v) is 7.01. The average molecular weight is 395 g/mol. The van der Waals surface area contributed by atoms with E-state index < -0.39 is 4.92 Å². The van der Waals surface area contributed by atoms with Gasteiger partial charge in [0, 0.05) is 37.6 Å². The van der Waals surface area contributed by atoms with Crippen molar-refractivity contribution in [3.63, 3.8) is 0 Å². The maximum atomic E-state index is 12.8. The van der Waals surface area contributed by atoms with Crippen LogP contribution < -0.4 is 0 Å². The number of non-ortho nitro benzene ring substituents is 1. The zero-order valence-corrected chi connectivity index (χ0v) is 16.2. The van der Waals surface area contributed by atoms with E-state index in [9.17, 15) is 24.5 Å². The molecular formula is C21H21N3O5. The van der Waals surface area contributed by atoms with Crippen LogP contribution in [0.4, 0.5) is 5.69 Å². The second kappa shape index (κ2) is 8.22. The molecule has 0 spiro atoms. The summed E-state index contributed by atoms with van der Waals surface area (Å²) >= 11 is 0. The number of nitro groups is 1. The number of nitrogens with zero attached hydrogens (tertiary/aromatic N) is 3. The SMILES string of the molecule is CC(c1cccc([N+](=O)[O-])c1)N(C)C(=O)c1ccc(CN2C(=O)CCC2=O)cc1. The molecule has 1 heterocycles. The van der Waals surface area contributed by atoms with Crippen molar-refractivity contribution in [2.24, 2.45) is 0 Å². The van der Waals surface area contributed by atoms with Gasteiger partial charge in [0.05, 0.1) is 17.5 Å². The molecule has 0 bridgehead atoms. The summed E-state index contributed by atoms with van der Waals surface area (Å²) in [6.45, 7) is 2.00. The van der Waals surface area contributed by atoms with Crippen LogP contribution in [0.5, 0.6) is 0 Å². The van der Waals surface area contributed by atoms with E-state index in [1.807, 2.05) is 0 Å². The molecule has 1 atom stereocenters. The van der Waals surface area contributed by atoms with Crippen LogP contribution in [0.3, 0.4) is 0 Å². The van der Waals surface area contributed by atoms with Crippen LogP contribution in [-0.4, -0.2) is 39.5 Å². The Morgan fingerprint density at radius 1 is 1.14 bits per heavy atom. The van der Waals surface area contributed by atoms with E-state index >= 15 is 0 Å². The van der Waals surface area contributed by atoms with E-state index in [1.165, 1.54) is 21.9 Å². The van der Waals surface area contributed by atoms with E-state index in [-0.39, 0.29) is 48.8 Å². The molecule has 3 rings (SSSR count). The summed E-state index contributed by atoms with van der Waals surface area (Å²) in [7, 11) is 1.64. The van der Waals surface area contributed by atoms with Gasteiger partial charge < -0.3 is 4.90 Å². The molecule has 3 amide bonds. The van der Waals surface area contributed by atoms with Gasteiger partial charge in [0.2, 0.25) is 11.8 Å². The van der Waals surface area contributed by atoms with Crippen LogP contribution in [0.2, 0.25) is 0 Å². The minimum Gasteiger partial charge on any atom is -0.335 e. The molecule has 150 valence electrons. The molecule has 1 saturated heterocycles. The van der Waals surface area contributed by atoms with Gasteiger partial charge in [-0.15, -0.1) is 0 Å². The number of benzene rings is 2. The Bertz CT molecular complexity index is 955. The average Bonchev–Trinajstić information content (AvgIpc) is 3.04. The molecule has 1 aliphatic heterocycles. The highest BCUT2D eigenvalue weighted by Gasteiger charge is 2.28. The third kappa shape index (κ3) is 4.31. The van der Waals surface area contributed by atoms with Gasteiger partial charge in [0.25, 0.3) is 11.6 Å². The Balaban J connectivity index is 1.71. The number of carbonyl (C=O) groups is 3. The standard InChI is InChI=1S/C21H21N3O5/c1-14(17-4-3-5-18(12-17)24(28)29)22(2)21(27)16-8-6-15(7-9-16)13-23-19(25)10-11-20(23)26/h3-9,12,14H,10-11,13H2,1-2H3. The number of nitro benzene ring substituents is 1. The first kappa shape index (κ1) is 20.2.